The molecule has 0 spiro atoms. The Labute approximate surface area is 45.9 Å². The van der Waals surface area contributed by atoms with Gasteiger partial charge in [-0.2, -0.15) is 0 Å². The molecule has 2 atom stereocenters. The molecule has 0 aromatic heterocycles. The van der Waals surface area contributed by atoms with Crippen LogP contribution in [-0.2, 0) is 14.3 Å². The number of epoxide rings is 1. The molecule has 1 saturated heterocycles. The molecule has 2 aliphatic heterocycles. The predicted octanol–water partition coefficient (Wildman–Crippen LogP) is -0.176. The second-order valence-electron chi connectivity index (χ2n) is 1.77. The highest BCUT2D eigenvalue weighted by Gasteiger charge is 2.47. The largest absolute Gasteiger partial charge is 0.469 e. The highest BCUT2D eigenvalue weighted by Crippen LogP contribution is 2.27. The minimum absolute atomic E-state index is 0.0150. The molecule has 0 saturated carbocycles. The van der Waals surface area contributed by atoms with Crippen LogP contribution in [0.15, 0.2) is 12.3 Å². The van der Waals surface area contributed by atoms with Gasteiger partial charge in [-0.3, -0.25) is 4.79 Å². The summed E-state index contributed by atoms with van der Waals surface area (Å²) in [6.07, 6.45) is 2.22. The van der Waals surface area contributed by atoms with E-state index in [-0.39, 0.29) is 18.2 Å². The Morgan fingerprint density at radius 2 is 2.50 bits per heavy atom. The topological polar surface area (TPSA) is 38.8 Å². The summed E-state index contributed by atoms with van der Waals surface area (Å²) in [4.78, 5) is 10.5. The third-order valence-electron chi connectivity index (χ3n) is 1.18. The number of fused-ring (bicyclic) bond motifs is 1. The van der Waals surface area contributed by atoms with Gasteiger partial charge in [-0.25, -0.2) is 0 Å². The molecule has 42 valence electrons. The smallest absolute Gasteiger partial charge is 0.234 e. The van der Waals surface area contributed by atoms with Crippen LogP contribution in [0.2, 0.25) is 0 Å². The Morgan fingerprint density at radius 3 is 3.12 bits per heavy atom. The quantitative estimate of drug-likeness (QED) is 0.408. The van der Waals surface area contributed by atoms with Crippen LogP contribution >= 0.6 is 0 Å². The summed E-state index contributed by atoms with van der Waals surface area (Å²) in [5.74, 6) is 0.0150. The van der Waals surface area contributed by atoms with Gasteiger partial charge in [0, 0.05) is 6.08 Å². The zero-order chi connectivity index (χ0) is 5.56. The second-order valence-corrected chi connectivity index (χ2v) is 1.77. The number of ether oxygens (including phenoxy) is 2. The first-order valence-electron chi connectivity index (χ1n) is 2.39. The highest BCUT2D eigenvalue weighted by atomic mass is 16.8. The number of hydrogen-bond acceptors (Lipinski definition) is 3. The molecule has 2 unspecified atom stereocenters. The lowest BCUT2D eigenvalue weighted by atomic mass is 10.3. The molecule has 1 fully saturated rings. The molecule has 0 aromatic carbocycles. The monoisotopic (exact) mass is 112 g/mol. The third kappa shape index (κ3) is 0.391. The molecule has 0 radical (unpaired) electrons. The van der Waals surface area contributed by atoms with Crippen molar-refractivity contribution >= 4 is 5.78 Å². The molecular weight excluding hydrogens is 108 g/mol. The highest BCUT2D eigenvalue weighted by molar-refractivity contribution is 5.95. The van der Waals surface area contributed by atoms with E-state index >= 15 is 0 Å². The van der Waals surface area contributed by atoms with Gasteiger partial charge in [-0.1, -0.05) is 0 Å². The lowest BCUT2D eigenvalue weighted by molar-refractivity contribution is -0.116. The molecule has 0 aliphatic carbocycles. The first-order valence-corrected chi connectivity index (χ1v) is 2.39. The Kier molecular flexibility index (Phi) is 0.569. The van der Waals surface area contributed by atoms with Crippen molar-refractivity contribution in [2.75, 3.05) is 0 Å². The number of hydrogen-bond donors (Lipinski definition) is 0. The first kappa shape index (κ1) is 4.09. The van der Waals surface area contributed by atoms with Crippen molar-refractivity contribution in [1.29, 1.82) is 0 Å². The minimum atomic E-state index is -0.278. The zero-order valence-corrected chi connectivity index (χ0v) is 4.03. The summed E-state index contributed by atoms with van der Waals surface area (Å²) in [6.45, 7) is 0. The van der Waals surface area contributed by atoms with Gasteiger partial charge in [-0.15, -0.1) is 0 Å². The van der Waals surface area contributed by atoms with Gasteiger partial charge in [-0.05, 0) is 0 Å². The molecule has 0 amide bonds. The average molecular weight is 112 g/mol. The van der Waals surface area contributed by atoms with E-state index in [0.29, 0.717) is 0 Å². The van der Waals surface area contributed by atoms with Crippen LogP contribution in [0.3, 0.4) is 0 Å². The fourth-order valence-electron chi connectivity index (χ4n) is 0.682. The van der Waals surface area contributed by atoms with Crippen molar-refractivity contribution in [3.8, 4) is 0 Å². The summed E-state index contributed by atoms with van der Waals surface area (Å²) in [7, 11) is 0. The van der Waals surface area contributed by atoms with Gasteiger partial charge in [0.15, 0.2) is 11.9 Å². The molecule has 8 heavy (non-hydrogen) atoms. The van der Waals surface area contributed by atoms with Crippen LogP contribution < -0.4 is 0 Å². The van der Waals surface area contributed by atoms with E-state index in [9.17, 15) is 4.79 Å². The molecule has 2 rings (SSSR count). The van der Waals surface area contributed by atoms with Crippen LogP contribution in [-0.4, -0.2) is 18.2 Å². The summed E-state index contributed by atoms with van der Waals surface area (Å²) in [5.41, 5.74) is 0. The van der Waals surface area contributed by atoms with E-state index < -0.39 is 0 Å². The maximum absolute atomic E-state index is 10.5. The SMILES string of the molecule is O=C1C=COC2OC12. The number of rotatable bonds is 0. The molecule has 0 bridgehead atoms. The molecule has 0 N–H and O–H groups in total. The Hall–Kier alpha value is -0.830. The van der Waals surface area contributed by atoms with E-state index in [1.807, 2.05) is 0 Å². The fourth-order valence-corrected chi connectivity index (χ4v) is 0.682. The maximum atomic E-state index is 10.5. The van der Waals surface area contributed by atoms with Crippen molar-refractivity contribution in [2.24, 2.45) is 0 Å². The van der Waals surface area contributed by atoms with Crippen LogP contribution in [0.25, 0.3) is 0 Å². The van der Waals surface area contributed by atoms with Crippen LogP contribution in [0, 0.1) is 0 Å². The molecule has 0 aromatic rings. The molecule has 3 heteroatoms. The van der Waals surface area contributed by atoms with Crippen LogP contribution in [0.4, 0.5) is 0 Å². The van der Waals surface area contributed by atoms with Gasteiger partial charge in [0.25, 0.3) is 0 Å². The minimum Gasteiger partial charge on any atom is -0.469 e. The van der Waals surface area contributed by atoms with Crippen molar-refractivity contribution in [3.63, 3.8) is 0 Å². The number of carbonyl (C=O) groups is 1. The van der Waals surface area contributed by atoms with Gasteiger partial charge in [0.2, 0.25) is 6.29 Å². The van der Waals surface area contributed by atoms with Crippen molar-refractivity contribution < 1.29 is 14.3 Å². The lowest BCUT2D eigenvalue weighted by Gasteiger charge is -1.95. The molecule has 2 aliphatic rings. The van der Waals surface area contributed by atoms with Crippen molar-refractivity contribution in [1.82, 2.24) is 0 Å². The van der Waals surface area contributed by atoms with E-state index in [1.165, 1.54) is 12.3 Å². The molecule has 3 nitrogen and oxygen atoms in total. The summed E-state index contributed by atoms with van der Waals surface area (Å²) >= 11 is 0. The normalized spacial score (nSPS) is 40.8. The Morgan fingerprint density at radius 1 is 1.62 bits per heavy atom. The molecule has 2 heterocycles. The Bertz CT molecular complexity index is 161. The average Bonchev–Trinajstić information content (AvgIpc) is 2.45. The number of carbonyl (C=O) groups excluding carboxylic acids is 1. The third-order valence-corrected chi connectivity index (χ3v) is 1.18. The first-order chi connectivity index (χ1) is 3.88. The van der Waals surface area contributed by atoms with E-state index in [4.69, 9.17) is 9.47 Å². The summed E-state index contributed by atoms with van der Waals surface area (Å²) < 4.78 is 9.55. The van der Waals surface area contributed by atoms with Gasteiger partial charge >= 0.3 is 0 Å². The van der Waals surface area contributed by atoms with Crippen molar-refractivity contribution in [2.45, 2.75) is 12.4 Å². The van der Waals surface area contributed by atoms with Crippen LogP contribution in [0.5, 0.6) is 0 Å². The zero-order valence-electron chi connectivity index (χ0n) is 4.03. The summed E-state index contributed by atoms with van der Waals surface area (Å²) in [6, 6.07) is 0. The van der Waals surface area contributed by atoms with E-state index in [0.717, 1.165) is 0 Å². The maximum Gasteiger partial charge on any atom is 0.234 e. The fraction of sp³-hybridized carbons (Fsp3) is 0.400. The number of ketones is 1. The van der Waals surface area contributed by atoms with Gasteiger partial charge in [0.1, 0.15) is 0 Å². The lowest BCUT2D eigenvalue weighted by Crippen LogP contribution is -2.11. The van der Waals surface area contributed by atoms with Gasteiger partial charge < -0.3 is 9.47 Å². The van der Waals surface area contributed by atoms with Crippen LogP contribution in [0.1, 0.15) is 0 Å². The molecular formula is C5H4O3. The standard InChI is InChI=1S/C5H4O3/c6-3-1-2-7-5-4(3)8-5/h1-2,4-5H. The van der Waals surface area contributed by atoms with Gasteiger partial charge in [0.05, 0.1) is 6.26 Å². The predicted molar refractivity (Wildman–Crippen MR) is 23.9 cm³/mol. The van der Waals surface area contributed by atoms with Crippen molar-refractivity contribution in [3.05, 3.63) is 12.3 Å². The van der Waals surface area contributed by atoms with E-state index in [2.05, 4.69) is 0 Å². The summed E-state index contributed by atoms with van der Waals surface area (Å²) in [5, 5.41) is 0. The van der Waals surface area contributed by atoms with E-state index in [1.54, 1.807) is 0 Å². The second kappa shape index (κ2) is 1.11. The Balaban J connectivity index is 2.24.